The minimum Gasteiger partial charge on any atom is -0.339 e. The highest BCUT2D eigenvalue weighted by molar-refractivity contribution is 8.13. The van der Waals surface area contributed by atoms with E-state index in [2.05, 4.69) is 0 Å². The minimum atomic E-state index is -4.08. The number of carbonyl (C=O) groups is 1. The van der Waals surface area contributed by atoms with Crippen molar-refractivity contribution in [1.82, 2.24) is 4.90 Å². The van der Waals surface area contributed by atoms with E-state index < -0.39 is 14.9 Å². The predicted octanol–water partition coefficient (Wildman–Crippen LogP) is 2.30. The van der Waals surface area contributed by atoms with Gasteiger partial charge >= 0.3 is 0 Å². The SMILES string of the molecule is Cc1c(C(=O)N(C)C2CC2)cc(F)cc1S(=O)(=O)Cl. The Labute approximate surface area is 115 Å². The molecule has 0 radical (unpaired) electrons. The van der Waals surface area contributed by atoms with Gasteiger partial charge in [0.2, 0.25) is 0 Å². The van der Waals surface area contributed by atoms with Crippen LogP contribution >= 0.6 is 10.7 Å². The van der Waals surface area contributed by atoms with Crippen LogP contribution < -0.4 is 0 Å². The normalized spacial score (nSPS) is 15.4. The van der Waals surface area contributed by atoms with Crippen molar-refractivity contribution in [2.45, 2.75) is 30.7 Å². The van der Waals surface area contributed by atoms with Crippen molar-refractivity contribution >= 4 is 25.6 Å². The summed E-state index contributed by atoms with van der Waals surface area (Å²) in [5, 5.41) is 0. The van der Waals surface area contributed by atoms with Gasteiger partial charge in [0.1, 0.15) is 5.82 Å². The Morgan fingerprint density at radius 2 is 2.00 bits per heavy atom. The van der Waals surface area contributed by atoms with E-state index in [4.69, 9.17) is 10.7 Å². The number of carbonyl (C=O) groups excluding carboxylic acids is 1. The molecule has 7 heteroatoms. The van der Waals surface area contributed by atoms with Crippen LogP contribution in [-0.2, 0) is 9.05 Å². The molecule has 1 aromatic rings. The third-order valence-electron chi connectivity index (χ3n) is 3.23. The summed E-state index contributed by atoms with van der Waals surface area (Å²) in [6.07, 6.45) is 1.83. The molecular weight excluding hydrogens is 293 g/mol. The number of amides is 1. The average Bonchev–Trinajstić information content (AvgIpc) is 3.12. The highest BCUT2D eigenvalue weighted by atomic mass is 35.7. The molecule has 0 unspecified atom stereocenters. The molecule has 4 nitrogen and oxygen atoms in total. The van der Waals surface area contributed by atoms with Crippen LogP contribution in [0, 0.1) is 12.7 Å². The van der Waals surface area contributed by atoms with Gasteiger partial charge in [0, 0.05) is 29.3 Å². The first kappa shape index (κ1) is 14.3. The highest BCUT2D eigenvalue weighted by Crippen LogP contribution is 2.29. The lowest BCUT2D eigenvalue weighted by molar-refractivity contribution is 0.0783. The van der Waals surface area contributed by atoms with E-state index in [0.717, 1.165) is 25.0 Å². The molecule has 0 bridgehead atoms. The van der Waals surface area contributed by atoms with Crippen LogP contribution in [0.4, 0.5) is 4.39 Å². The third kappa shape index (κ3) is 2.90. The van der Waals surface area contributed by atoms with Crippen LogP contribution in [0.15, 0.2) is 17.0 Å². The molecule has 104 valence electrons. The average molecular weight is 306 g/mol. The Bertz CT molecular complexity index is 641. The first-order chi connectivity index (χ1) is 8.71. The minimum absolute atomic E-state index is 0.0358. The zero-order valence-corrected chi connectivity index (χ0v) is 12.1. The Hall–Kier alpha value is -1.14. The van der Waals surface area contributed by atoms with E-state index in [-0.39, 0.29) is 28.0 Å². The van der Waals surface area contributed by atoms with Crippen molar-refractivity contribution < 1.29 is 17.6 Å². The van der Waals surface area contributed by atoms with Gasteiger partial charge in [0.05, 0.1) is 4.90 Å². The number of hydrogen-bond donors (Lipinski definition) is 0. The van der Waals surface area contributed by atoms with Gasteiger partial charge in [-0.25, -0.2) is 12.8 Å². The van der Waals surface area contributed by atoms with Gasteiger partial charge in [-0.05, 0) is 37.5 Å². The third-order valence-corrected chi connectivity index (χ3v) is 4.68. The zero-order valence-electron chi connectivity index (χ0n) is 10.5. The number of hydrogen-bond acceptors (Lipinski definition) is 3. The molecule has 0 atom stereocenters. The summed E-state index contributed by atoms with van der Waals surface area (Å²) in [5.41, 5.74) is 0.211. The van der Waals surface area contributed by atoms with Crippen molar-refractivity contribution in [2.75, 3.05) is 7.05 Å². The van der Waals surface area contributed by atoms with E-state index in [1.807, 2.05) is 0 Å². The number of benzene rings is 1. The molecule has 0 saturated heterocycles. The molecule has 1 saturated carbocycles. The van der Waals surface area contributed by atoms with Gasteiger partial charge in [-0.3, -0.25) is 4.79 Å². The second kappa shape index (κ2) is 4.76. The summed E-state index contributed by atoms with van der Waals surface area (Å²) in [6.45, 7) is 1.45. The van der Waals surface area contributed by atoms with Crippen molar-refractivity contribution in [1.29, 1.82) is 0 Å². The molecule has 0 spiro atoms. The van der Waals surface area contributed by atoms with Gasteiger partial charge in [-0.15, -0.1) is 0 Å². The zero-order chi connectivity index (χ0) is 14.4. The van der Waals surface area contributed by atoms with Crippen molar-refractivity contribution in [3.05, 3.63) is 29.1 Å². The van der Waals surface area contributed by atoms with E-state index >= 15 is 0 Å². The smallest absolute Gasteiger partial charge is 0.261 e. The molecule has 0 aliphatic heterocycles. The quantitative estimate of drug-likeness (QED) is 0.805. The Kier molecular flexibility index (Phi) is 3.57. The number of nitrogens with zero attached hydrogens (tertiary/aromatic N) is 1. The molecular formula is C12H13ClFNO3S. The number of rotatable bonds is 3. The Morgan fingerprint density at radius 3 is 2.47 bits per heavy atom. The molecule has 1 aliphatic rings. The summed E-state index contributed by atoms with van der Waals surface area (Å²) in [7, 11) is 2.79. The standard InChI is InChI=1S/C12H13ClFNO3S/c1-7-10(12(16)15(2)9-3-4-9)5-8(14)6-11(7)19(13,17)18/h5-6,9H,3-4H2,1-2H3. The maximum atomic E-state index is 13.5. The summed E-state index contributed by atoms with van der Waals surface area (Å²) in [5.74, 6) is -1.18. The topological polar surface area (TPSA) is 54.5 Å². The molecule has 1 fully saturated rings. The Morgan fingerprint density at radius 1 is 1.42 bits per heavy atom. The molecule has 0 N–H and O–H groups in total. The summed E-state index contributed by atoms with van der Waals surface area (Å²) < 4.78 is 36.2. The van der Waals surface area contributed by atoms with E-state index in [0.29, 0.717) is 0 Å². The molecule has 1 aliphatic carbocycles. The lowest BCUT2D eigenvalue weighted by Crippen LogP contribution is -2.29. The van der Waals surface area contributed by atoms with E-state index in [1.165, 1.54) is 11.8 Å². The number of halogens is 2. The van der Waals surface area contributed by atoms with E-state index in [9.17, 15) is 17.6 Å². The lowest BCUT2D eigenvalue weighted by atomic mass is 10.1. The second-order valence-corrected chi connectivity index (χ2v) is 7.20. The van der Waals surface area contributed by atoms with Gasteiger partial charge in [-0.2, -0.15) is 0 Å². The predicted molar refractivity (Wildman–Crippen MR) is 69.3 cm³/mol. The maximum Gasteiger partial charge on any atom is 0.261 e. The van der Waals surface area contributed by atoms with Gasteiger partial charge in [0.15, 0.2) is 0 Å². The summed E-state index contributed by atoms with van der Waals surface area (Å²) in [6, 6.07) is 2.03. The Balaban J connectivity index is 2.51. The van der Waals surface area contributed by atoms with Crippen LogP contribution in [0.25, 0.3) is 0 Å². The molecule has 2 rings (SSSR count). The van der Waals surface area contributed by atoms with Crippen molar-refractivity contribution in [3.63, 3.8) is 0 Å². The van der Waals surface area contributed by atoms with Crippen LogP contribution in [0.2, 0.25) is 0 Å². The van der Waals surface area contributed by atoms with Crippen LogP contribution in [0.3, 0.4) is 0 Å². The monoisotopic (exact) mass is 305 g/mol. The highest BCUT2D eigenvalue weighted by Gasteiger charge is 2.32. The maximum absolute atomic E-state index is 13.5. The summed E-state index contributed by atoms with van der Waals surface area (Å²) >= 11 is 0. The van der Waals surface area contributed by atoms with Gasteiger partial charge < -0.3 is 4.90 Å². The molecule has 19 heavy (non-hydrogen) atoms. The molecule has 0 aromatic heterocycles. The van der Waals surface area contributed by atoms with Gasteiger partial charge in [0.25, 0.3) is 15.0 Å². The van der Waals surface area contributed by atoms with Crippen LogP contribution in [-0.4, -0.2) is 32.3 Å². The van der Waals surface area contributed by atoms with Crippen LogP contribution in [0.5, 0.6) is 0 Å². The second-order valence-electron chi connectivity index (χ2n) is 4.66. The fourth-order valence-corrected chi connectivity index (χ4v) is 3.16. The fraction of sp³-hybridized carbons (Fsp3) is 0.417. The molecule has 1 aromatic carbocycles. The van der Waals surface area contributed by atoms with Gasteiger partial charge in [-0.1, -0.05) is 0 Å². The first-order valence-electron chi connectivity index (χ1n) is 5.74. The van der Waals surface area contributed by atoms with Crippen molar-refractivity contribution in [2.24, 2.45) is 0 Å². The van der Waals surface area contributed by atoms with E-state index in [1.54, 1.807) is 7.05 Å². The lowest BCUT2D eigenvalue weighted by Gasteiger charge is -2.18. The summed E-state index contributed by atoms with van der Waals surface area (Å²) in [4.78, 5) is 13.3. The largest absolute Gasteiger partial charge is 0.339 e. The first-order valence-corrected chi connectivity index (χ1v) is 8.04. The fourth-order valence-electron chi connectivity index (χ4n) is 1.95. The van der Waals surface area contributed by atoms with Crippen molar-refractivity contribution in [3.8, 4) is 0 Å². The molecule has 1 amide bonds. The van der Waals surface area contributed by atoms with Crippen LogP contribution in [0.1, 0.15) is 28.8 Å². The molecule has 0 heterocycles.